The predicted octanol–water partition coefficient (Wildman–Crippen LogP) is 0.517. The van der Waals surface area contributed by atoms with E-state index in [1.807, 2.05) is 0 Å². The molecular weight excluding hydrogens is 184 g/mol. The minimum absolute atomic E-state index is 0.0301. The summed E-state index contributed by atoms with van der Waals surface area (Å²) in [4.78, 5) is 13.5. The lowest BCUT2D eigenvalue weighted by Crippen LogP contribution is -2.36. The van der Waals surface area contributed by atoms with Gasteiger partial charge >= 0.3 is 0 Å². The molecular formula is C9H18N2OS. The quantitative estimate of drug-likeness (QED) is 0.651. The van der Waals surface area contributed by atoms with Crippen molar-refractivity contribution in [1.29, 1.82) is 0 Å². The fourth-order valence-corrected chi connectivity index (χ4v) is 1.58. The minimum Gasteiger partial charge on any atom is -0.354 e. The van der Waals surface area contributed by atoms with E-state index in [9.17, 15) is 4.79 Å². The smallest absolute Gasteiger partial charge is 0.232 e. The van der Waals surface area contributed by atoms with E-state index in [0.29, 0.717) is 0 Å². The van der Waals surface area contributed by atoms with Crippen LogP contribution >= 0.6 is 12.6 Å². The summed E-state index contributed by atoms with van der Waals surface area (Å²) < 4.78 is 0. The number of carbonyl (C=O) groups is 1. The third-order valence-electron chi connectivity index (χ3n) is 2.31. The van der Waals surface area contributed by atoms with E-state index in [1.54, 1.807) is 6.92 Å². The van der Waals surface area contributed by atoms with Crippen molar-refractivity contribution in [2.24, 2.45) is 0 Å². The molecule has 0 aromatic heterocycles. The Morgan fingerprint density at radius 1 is 1.54 bits per heavy atom. The molecule has 1 aliphatic rings. The first kappa shape index (κ1) is 10.9. The molecule has 3 nitrogen and oxygen atoms in total. The molecule has 13 heavy (non-hydrogen) atoms. The van der Waals surface area contributed by atoms with Gasteiger partial charge in [0.05, 0.1) is 5.25 Å². The van der Waals surface area contributed by atoms with Crippen LogP contribution in [0.5, 0.6) is 0 Å². The SMILES string of the molecule is CC(S)C(=O)NCCN1CCCC1. The van der Waals surface area contributed by atoms with Crippen LogP contribution in [0.3, 0.4) is 0 Å². The molecule has 0 aromatic carbocycles. The second-order valence-corrected chi connectivity index (χ2v) is 4.29. The number of hydrogen-bond donors (Lipinski definition) is 2. The van der Waals surface area contributed by atoms with E-state index in [1.165, 1.54) is 25.9 Å². The zero-order valence-electron chi connectivity index (χ0n) is 8.12. The number of nitrogens with zero attached hydrogens (tertiary/aromatic N) is 1. The average Bonchev–Trinajstić information content (AvgIpc) is 2.56. The fraction of sp³-hybridized carbons (Fsp3) is 0.889. The van der Waals surface area contributed by atoms with Crippen molar-refractivity contribution in [3.63, 3.8) is 0 Å². The van der Waals surface area contributed by atoms with Crippen molar-refractivity contribution in [2.75, 3.05) is 26.2 Å². The Hall–Kier alpha value is -0.220. The van der Waals surface area contributed by atoms with Crippen molar-refractivity contribution >= 4 is 18.5 Å². The monoisotopic (exact) mass is 202 g/mol. The lowest BCUT2D eigenvalue weighted by Gasteiger charge is -2.15. The van der Waals surface area contributed by atoms with E-state index in [0.717, 1.165) is 13.1 Å². The van der Waals surface area contributed by atoms with E-state index in [2.05, 4.69) is 22.8 Å². The normalized spacial score (nSPS) is 20.2. The summed E-state index contributed by atoms with van der Waals surface area (Å²) in [5.74, 6) is 0.0301. The Morgan fingerprint density at radius 3 is 2.69 bits per heavy atom. The molecule has 0 bridgehead atoms. The maximum atomic E-state index is 11.1. The topological polar surface area (TPSA) is 32.3 Å². The van der Waals surface area contributed by atoms with Gasteiger partial charge in [-0.25, -0.2) is 0 Å². The van der Waals surface area contributed by atoms with Gasteiger partial charge in [0, 0.05) is 13.1 Å². The third-order valence-corrected chi connectivity index (χ3v) is 2.54. The summed E-state index contributed by atoms with van der Waals surface area (Å²) in [6.45, 7) is 5.89. The van der Waals surface area contributed by atoms with Gasteiger partial charge in [-0.05, 0) is 32.9 Å². The van der Waals surface area contributed by atoms with Gasteiger partial charge in [-0.3, -0.25) is 4.79 Å². The lowest BCUT2D eigenvalue weighted by molar-refractivity contribution is -0.120. The van der Waals surface area contributed by atoms with E-state index < -0.39 is 0 Å². The highest BCUT2D eigenvalue weighted by Gasteiger charge is 2.11. The Labute approximate surface area is 85.3 Å². The molecule has 0 saturated carbocycles. The molecule has 1 atom stereocenters. The molecule has 0 aliphatic carbocycles. The van der Waals surface area contributed by atoms with Gasteiger partial charge in [0.2, 0.25) is 5.91 Å². The van der Waals surface area contributed by atoms with E-state index in [4.69, 9.17) is 0 Å². The van der Waals surface area contributed by atoms with Gasteiger partial charge < -0.3 is 10.2 Å². The average molecular weight is 202 g/mol. The molecule has 76 valence electrons. The highest BCUT2D eigenvalue weighted by molar-refractivity contribution is 7.81. The molecule has 1 unspecified atom stereocenters. The third kappa shape index (κ3) is 4.00. The highest BCUT2D eigenvalue weighted by Crippen LogP contribution is 2.05. The zero-order valence-corrected chi connectivity index (χ0v) is 9.02. The highest BCUT2D eigenvalue weighted by atomic mass is 32.1. The second-order valence-electron chi connectivity index (χ2n) is 3.52. The Kier molecular flexibility index (Phi) is 4.59. The van der Waals surface area contributed by atoms with Gasteiger partial charge in [-0.15, -0.1) is 0 Å². The molecule has 0 spiro atoms. The molecule has 1 rings (SSSR count). The summed E-state index contributed by atoms with van der Waals surface area (Å²) in [5.41, 5.74) is 0. The first-order chi connectivity index (χ1) is 6.20. The van der Waals surface area contributed by atoms with Crippen molar-refractivity contribution in [3.05, 3.63) is 0 Å². The number of likely N-dealkylation sites (tertiary alicyclic amines) is 1. The van der Waals surface area contributed by atoms with Crippen LogP contribution in [-0.2, 0) is 4.79 Å². The van der Waals surface area contributed by atoms with Crippen LogP contribution < -0.4 is 5.32 Å². The van der Waals surface area contributed by atoms with E-state index in [-0.39, 0.29) is 11.2 Å². The first-order valence-corrected chi connectivity index (χ1v) is 5.40. The maximum Gasteiger partial charge on any atom is 0.232 e. The molecule has 1 amide bonds. The molecule has 1 N–H and O–H groups in total. The predicted molar refractivity (Wildman–Crippen MR) is 57.1 cm³/mol. The van der Waals surface area contributed by atoms with Crippen molar-refractivity contribution < 1.29 is 4.79 Å². The zero-order chi connectivity index (χ0) is 9.68. The molecule has 1 heterocycles. The number of thiol groups is 1. The number of nitrogens with one attached hydrogen (secondary N) is 1. The van der Waals surface area contributed by atoms with Crippen LogP contribution in [0.15, 0.2) is 0 Å². The number of amides is 1. The minimum atomic E-state index is -0.196. The molecule has 0 aromatic rings. The largest absolute Gasteiger partial charge is 0.354 e. The van der Waals surface area contributed by atoms with E-state index >= 15 is 0 Å². The fourth-order valence-electron chi connectivity index (χ4n) is 1.49. The van der Waals surface area contributed by atoms with Crippen LogP contribution in [0.1, 0.15) is 19.8 Å². The van der Waals surface area contributed by atoms with Crippen LogP contribution in [0.4, 0.5) is 0 Å². The summed E-state index contributed by atoms with van der Waals surface area (Å²) in [7, 11) is 0. The van der Waals surface area contributed by atoms with Gasteiger partial charge in [-0.1, -0.05) is 0 Å². The van der Waals surface area contributed by atoms with Crippen LogP contribution in [0.2, 0.25) is 0 Å². The van der Waals surface area contributed by atoms with Crippen molar-refractivity contribution in [1.82, 2.24) is 10.2 Å². The summed E-state index contributed by atoms with van der Waals surface area (Å²) in [6.07, 6.45) is 2.60. The van der Waals surface area contributed by atoms with Crippen LogP contribution in [0.25, 0.3) is 0 Å². The van der Waals surface area contributed by atoms with Gasteiger partial charge in [0.25, 0.3) is 0 Å². The molecule has 1 fully saturated rings. The van der Waals surface area contributed by atoms with Gasteiger partial charge in [-0.2, -0.15) is 12.6 Å². The Bertz CT molecular complexity index is 167. The number of hydrogen-bond acceptors (Lipinski definition) is 3. The van der Waals surface area contributed by atoms with Crippen LogP contribution in [0, 0.1) is 0 Å². The Morgan fingerprint density at radius 2 is 2.15 bits per heavy atom. The number of carbonyl (C=O) groups excluding carboxylic acids is 1. The molecule has 1 saturated heterocycles. The first-order valence-electron chi connectivity index (χ1n) is 4.88. The second kappa shape index (κ2) is 5.50. The summed E-state index contributed by atoms with van der Waals surface area (Å²) >= 11 is 4.05. The van der Waals surface area contributed by atoms with Gasteiger partial charge in [0.15, 0.2) is 0 Å². The maximum absolute atomic E-state index is 11.1. The van der Waals surface area contributed by atoms with Gasteiger partial charge in [0.1, 0.15) is 0 Å². The van der Waals surface area contributed by atoms with Crippen molar-refractivity contribution in [3.8, 4) is 0 Å². The summed E-state index contributed by atoms with van der Waals surface area (Å²) in [6, 6.07) is 0. The number of rotatable bonds is 4. The Balaban J connectivity index is 2.03. The van der Waals surface area contributed by atoms with Crippen molar-refractivity contribution in [2.45, 2.75) is 25.0 Å². The summed E-state index contributed by atoms with van der Waals surface area (Å²) in [5, 5.41) is 2.66. The molecule has 0 radical (unpaired) electrons. The molecule has 1 aliphatic heterocycles. The standard InChI is InChI=1S/C9H18N2OS/c1-8(13)9(12)10-4-7-11-5-2-3-6-11/h8,13H,2-7H2,1H3,(H,10,12). The molecule has 4 heteroatoms. The lowest BCUT2D eigenvalue weighted by atomic mass is 10.4. The van der Waals surface area contributed by atoms with Crippen LogP contribution in [-0.4, -0.2) is 42.2 Å².